The summed E-state index contributed by atoms with van der Waals surface area (Å²) in [5, 5.41) is 0. The van der Waals surface area contributed by atoms with Crippen molar-refractivity contribution in [2.75, 3.05) is 31.1 Å². The lowest BCUT2D eigenvalue weighted by molar-refractivity contribution is 0.312. The third-order valence-electron chi connectivity index (χ3n) is 2.77. The first-order valence-electron chi connectivity index (χ1n) is 5.94. The summed E-state index contributed by atoms with van der Waals surface area (Å²) in [4.78, 5) is 6.72. The van der Waals surface area contributed by atoms with E-state index in [1.165, 1.54) is 12.8 Å². The molecule has 1 saturated heterocycles. The van der Waals surface area contributed by atoms with Crippen LogP contribution >= 0.6 is 0 Å². The van der Waals surface area contributed by atoms with Crippen molar-refractivity contribution >= 4 is 5.82 Å². The van der Waals surface area contributed by atoms with Crippen molar-refractivity contribution in [1.82, 2.24) is 4.98 Å². The van der Waals surface area contributed by atoms with Crippen LogP contribution in [0.15, 0.2) is 18.3 Å². The number of aromatic nitrogens is 1. The van der Waals surface area contributed by atoms with E-state index < -0.39 is 0 Å². The maximum atomic E-state index is 5.50. The van der Waals surface area contributed by atoms with E-state index in [1.807, 2.05) is 12.1 Å². The highest BCUT2D eigenvalue weighted by atomic mass is 16.5. The summed E-state index contributed by atoms with van der Waals surface area (Å²) in [5.74, 6) is 1.89. The topological polar surface area (TPSA) is 51.4 Å². The Balaban J connectivity index is 1.88. The summed E-state index contributed by atoms with van der Waals surface area (Å²) in [7, 11) is 0. The van der Waals surface area contributed by atoms with Gasteiger partial charge in [0.15, 0.2) is 0 Å². The highest BCUT2D eigenvalue weighted by molar-refractivity contribution is 5.41. The van der Waals surface area contributed by atoms with Crippen molar-refractivity contribution < 1.29 is 4.74 Å². The van der Waals surface area contributed by atoms with Crippen LogP contribution in [-0.4, -0.2) is 31.2 Å². The van der Waals surface area contributed by atoms with Gasteiger partial charge in [-0.15, -0.1) is 0 Å². The van der Waals surface area contributed by atoms with Gasteiger partial charge in [0.05, 0.1) is 12.8 Å². The van der Waals surface area contributed by atoms with E-state index in [9.17, 15) is 0 Å². The number of hydrogen-bond acceptors (Lipinski definition) is 4. The van der Waals surface area contributed by atoms with Crippen molar-refractivity contribution in [3.63, 3.8) is 0 Å². The smallest absolute Gasteiger partial charge is 0.137 e. The Bertz CT molecular complexity index is 307. The molecule has 0 amide bonds. The molecule has 2 rings (SSSR count). The van der Waals surface area contributed by atoms with Gasteiger partial charge < -0.3 is 15.4 Å². The zero-order valence-electron chi connectivity index (χ0n) is 9.56. The van der Waals surface area contributed by atoms with Crippen LogP contribution in [0.25, 0.3) is 0 Å². The van der Waals surface area contributed by atoms with Gasteiger partial charge >= 0.3 is 0 Å². The Morgan fingerprint density at radius 1 is 1.31 bits per heavy atom. The van der Waals surface area contributed by atoms with Gasteiger partial charge in [-0.3, -0.25) is 0 Å². The van der Waals surface area contributed by atoms with E-state index in [-0.39, 0.29) is 0 Å². The first-order valence-corrected chi connectivity index (χ1v) is 5.94. The first-order chi connectivity index (χ1) is 7.90. The quantitative estimate of drug-likeness (QED) is 0.764. The van der Waals surface area contributed by atoms with Gasteiger partial charge in [0.25, 0.3) is 0 Å². The van der Waals surface area contributed by atoms with E-state index in [4.69, 9.17) is 10.5 Å². The fraction of sp³-hybridized carbons (Fsp3) is 0.583. The van der Waals surface area contributed by atoms with E-state index in [2.05, 4.69) is 9.88 Å². The van der Waals surface area contributed by atoms with Crippen molar-refractivity contribution in [2.24, 2.45) is 5.73 Å². The van der Waals surface area contributed by atoms with Gasteiger partial charge in [-0.1, -0.05) is 0 Å². The lowest BCUT2D eigenvalue weighted by atomic mass is 10.4. The number of rotatable bonds is 5. The normalized spacial score (nSPS) is 15.4. The van der Waals surface area contributed by atoms with Gasteiger partial charge in [-0.2, -0.15) is 0 Å². The highest BCUT2D eigenvalue weighted by Crippen LogP contribution is 2.19. The Morgan fingerprint density at radius 3 is 2.75 bits per heavy atom. The standard InChI is InChI=1S/C12H19N3O/c13-6-3-9-16-11-4-5-12(14-10-11)15-7-1-2-8-15/h4-5,10H,1-3,6-9,13H2. The molecule has 1 aromatic rings. The van der Waals surface area contributed by atoms with Crippen LogP contribution in [0.1, 0.15) is 19.3 Å². The molecule has 4 nitrogen and oxygen atoms in total. The van der Waals surface area contributed by atoms with Crippen LogP contribution in [0.3, 0.4) is 0 Å². The molecule has 0 atom stereocenters. The van der Waals surface area contributed by atoms with E-state index >= 15 is 0 Å². The summed E-state index contributed by atoms with van der Waals surface area (Å²) in [5.41, 5.74) is 5.40. The fourth-order valence-electron chi connectivity index (χ4n) is 1.86. The van der Waals surface area contributed by atoms with Crippen LogP contribution in [0.5, 0.6) is 5.75 Å². The molecular weight excluding hydrogens is 202 g/mol. The predicted octanol–water partition coefficient (Wildman–Crippen LogP) is 1.41. The molecule has 1 aliphatic rings. The summed E-state index contributed by atoms with van der Waals surface area (Å²) < 4.78 is 5.50. The third-order valence-corrected chi connectivity index (χ3v) is 2.77. The summed E-state index contributed by atoms with van der Waals surface area (Å²) in [6.45, 7) is 3.58. The second-order valence-corrected chi connectivity index (χ2v) is 4.04. The molecule has 2 N–H and O–H groups in total. The molecule has 0 radical (unpaired) electrons. The molecule has 0 bridgehead atoms. The molecule has 0 aliphatic carbocycles. The molecule has 0 unspecified atom stereocenters. The van der Waals surface area contributed by atoms with Gasteiger partial charge in [0.2, 0.25) is 0 Å². The number of ether oxygens (including phenoxy) is 1. The zero-order chi connectivity index (χ0) is 11.2. The molecule has 4 heteroatoms. The van der Waals surface area contributed by atoms with E-state index in [0.29, 0.717) is 13.2 Å². The fourth-order valence-corrected chi connectivity index (χ4v) is 1.86. The predicted molar refractivity (Wildman–Crippen MR) is 64.9 cm³/mol. The maximum absolute atomic E-state index is 5.50. The number of nitrogens with two attached hydrogens (primary N) is 1. The van der Waals surface area contributed by atoms with Crippen LogP contribution < -0.4 is 15.4 Å². The van der Waals surface area contributed by atoms with Crippen LogP contribution in [0.4, 0.5) is 5.82 Å². The van der Waals surface area contributed by atoms with Gasteiger partial charge in [-0.25, -0.2) is 4.98 Å². The first kappa shape index (κ1) is 11.2. The monoisotopic (exact) mass is 221 g/mol. The van der Waals surface area contributed by atoms with Gasteiger partial charge in [0.1, 0.15) is 11.6 Å². The summed E-state index contributed by atoms with van der Waals surface area (Å²) in [6.07, 6.45) is 5.23. The third kappa shape index (κ3) is 2.85. The van der Waals surface area contributed by atoms with Gasteiger partial charge in [0, 0.05) is 13.1 Å². The van der Waals surface area contributed by atoms with E-state index in [0.717, 1.165) is 31.1 Å². The van der Waals surface area contributed by atoms with Crippen LogP contribution in [0, 0.1) is 0 Å². The second-order valence-electron chi connectivity index (χ2n) is 4.04. The molecule has 0 saturated carbocycles. The lowest BCUT2D eigenvalue weighted by Crippen LogP contribution is -2.18. The van der Waals surface area contributed by atoms with Crippen LogP contribution in [0.2, 0.25) is 0 Å². The molecule has 0 spiro atoms. The average Bonchev–Trinajstić information content (AvgIpc) is 2.84. The number of anilines is 1. The Hall–Kier alpha value is -1.29. The SMILES string of the molecule is NCCCOc1ccc(N2CCCC2)nc1. The molecule has 1 aromatic heterocycles. The number of pyridine rings is 1. The lowest BCUT2D eigenvalue weighted by Gasteiger charge is -2.16. The minimum absolute atomic E-state index is 0.666. The minimum atomic E-state index is 0.666. The summed E-state index contributed by atoms with van der Waals surface area (Å²) in [6, 6.07) is 4.01. The molecule has 1 aliphatic heterocycles. The van der Waals surface area contributed by atoms with Crippen molar-refractivity contribution in [3.8, 4) is 5.75 Å². The van der Waals surface area contributed by atoms with E-state index in [1.54, 1.807) is 6.20 Å². The van der Waals surface area contributed by atoms with Crippen molar-refractivity contribution in [3.05, 3.63) is 18.3 Å². The Labute approximate surface area is 96.4 Å². The maximum Gasteiger partial charge on any atom is 0.137 e. The molecule has 88 valence electrons. The van der Waals surface area contributed by atoms with Crippen molar-refractivity contribution in [2.45, 2.75) is 19.3 Å². The Kier molecular flexibility index (Phi) is 3.99. The highest BCUT2D eigenvalue weighted by Gasteiger charge is 2.12. The zero-order valence-corrected chi connectivity index (χ0v) is 9.56. The molecular formula is C12H19N3O. The minimum Gasteiger partial charge on any atom is -0.492 e. The number of nitrogens with zero attached hydrogens (tertiary/aromatic N) is 2. The molecule has 2 heterocycles. The largest absolute Gasteiger partial charge is 0.492 e. The second kappa shape index (κ2) is 5.70. The summed E-state index contributed by atoms with van der Waals surface area (Å²) >= 11 is 0. The van der Waals surface area contributed by atoms with Gasteiger partial charge in [-0.05, 0) is 37.9 Å². The molecule has 0 aromatic carbocycles. The molecule has 1 fully saturated rings. The average molecular weight is 221 g/mol. The molecule has 16 heavy (non-hydrogen) atoms. The number of hydrogen-bond donors (Lipinski definition) is 1. The van der Waals surface area contributed by atoms with Crippen molar-refractivity contribution in [1.29, 1.82) is 0 Å². The Morgan fingerprint density at radius 2 is 2.12 bits per heavy atom. The van der Waals surface area contributed by atoms with Crippen LogP contribution in [-0.2, 0) is 0 Å².